The van der Waals surface area contributed by atoms with Crippen LogP contribution in [0.5, 0.6) is 5.75 Å². The van der Waals surface area contributed by atoms with Gasteiger partial charge in [-0.15, -0.1) is 0 Å². The largest absolute Gasteiger partial charge is 0.508 e. The van der Waals surface area contributed by atoms with Crippen molar-refractivity contribution in [3.05, 3.63) is 35.4 Å². The number of hydrogen-bond acceptors (Lipinski definition) is 3. The first kappa shape index (κ1) is 13.1. The fourth-order valence-corrected chi connectivity index (χ4v) is 5.66. The van der Waals surface area contributed by atoms with E-state index in [0.29, 0.717) is 11.7 Å². The number of hydrogen-bond donors (Lipinski definition) is 2. The lowest BCUT2D eigenvalue weighted by Crippen LogP contribution is -2.48. The lowest BCUT2D eigenvalue weighted by atomic mass is 9.59. The zero-order valence-corrected chi connectivity index (χ0v) is 12.9. The van der Waals surface area contributed by atoms with Crippen molar-refractivity contribution in [1.29, 1.82) is 0 Å². The zero-order valence-electron chi connectivity index (χ0n) is 12.9. The van der Waals surface area contributed by atoms with Gasteiger partial charge in [-0.3, -0.25) is 0 Å². The van der Waals surface area contributed by atoms with Gasteiger partial charge in [-0.2, -0.15) is 0 Å². The summed E-state index contributed by atoms with van der Waals surface area (Å²) in [6.07, 6.45) is 9.06. The van der Waals surface area contributed by atoms with E-state index >= 15 is 0 Å². The second-order valence-electron chi connectivity index (χ2n) is 7.93. The maximum absolute atomic E-state index is 10.5. The van der Waals surface area contributed by atoms with Crippen LogP contribution in [0.1, 0.15) is 43.7 Å². The second kappa shape index (κ2) is 3.77. The van der Waals surface area contributed by atoms with E-state index in [1.165, 1.54) is 11.1 Å². The molecule has 5 atom stereocenters. The minimum atomic E-state index is -0.202. The first-order valence-corrected chi connectivity index (χ1v) is 8.39. The molecule has 5 rings (SSSR count). The third kappa shape index (κ3) is 1.35. The lowest BCUT2D eigenvalue weighted by molar-refractivity contribution is 0.00384. The van der Waals surface area contributed by atoms with Gasteiger partial charge < -0.3 is 14.9 Å². The van der Waals surface area contributed by atoms with E-state index in [1.54, 1.807) is 6.07 Å². The van der Waals surface area contributed by atoms with Crippen LogP contribution >= 0.6 is 0 Å². The maximum atomic E-state index is 10.5. The van der Waals surface area contributed by atoms with E-state index in [2.05, 4.69) is 19.1 Å². The average Bonchev–Trinajstić information content (AvgIpc) is 3.05. The minimum absolute atomic E-state index is 0.0109. The number of phenols is 1. The summed E-state index contributed by atoms with van der Waals surface area (Å²) in [6, 6.07) is 5.63. The molecule has 3 heteroatoms. The predicted molar refractivity (Wildman–Crippen MR) is 83.5 cm³/mol. The van der Waals surface area contributed by atoms with Crippen molar-refractivity contribution in [3.63, 3.8) is 0 Å². The number of phenolic OH excluding ortho intramolecular Hbond substituents is 1. The van der Waals surface area contributed by atoms with Crippen molar-refractivity contribution < 1.29 is 14.9 Å². The number of ether oxygens (including phenoxy) is 1. The molecule has 1 aromatic carbocycles. The van der Waals surface area contributed by atoms with E-state index in [0.717, 1.165) is 32.1 Å². The van der Waals surface area contributed by atoms with Crippen molar-refractivity contribution in [3.8, 4) is 5.75 Å². The summed E-state index contributed by atoms with van der Waals surface area (Å²) in [6.45, 7) is 2.24. The molecule has 4 aliphatic rings. The number of fused-ring (bicyclic) bond motifs is 2. The molecule has 0 radical (unpaired) electrons. The van der Waals surface area contributed by atoms with E-state index in [9.17, 15) is 10.2 Å². The van der Waals surface area contributed by atoms with Crippen molar-refractivity contribution in [1.82, 2.24) is 0 Å². The molecule has 22 heavy (non-hydrogen) atoms. The molecule has 1 aromatic rings. The van der Waals surface area contributed by atoms with Gasteiger partial charge in [0.25, 0.3) is 0 Å². The number of epoxide rings is 1. The Morgan fingerprint density at radius 1 is 1.23 bits per heavy atom. The summed E-state index contributed by atoms with van der Waals surface area (Å²) in [5.74, 6) is 0.733. The summed E-state index contributed by atoms with van der Waals surface area (Å²) < 4.78 is 6.44. The number of aliphatic hydroxyl groups is 1. The predicted octanol–water partition coefficient (Wildman–Crippen LogP) is 3.04. The molecule has 0 bridgehead atoms. The Labute approximate surface area is 130 Å². The number of aliphatic hydroxyl groups excluding tert-OH is 1. The summed E-state index contributed by atoms with van der Waals surface area (Å²) in [5, 5.41) is 20.3. The highest BCUT2D eigenvalue weighted by molar-refractivity contribution is 5.62. The topological polar surface area (TPSA) is 53.0 Å². The van der Waals surface area contributed by atoms with Gasteiger partial charge in [0.15, 0.2) is 0 Å². The van der Waals surface area contributed by atoms with Crippen LogP contribution in [0.3, 0.4) is 0 Å². The third-order valence-corrected chi connectivity index (χ3v) is 7.02. The molecule has 2 saturated carbocycles. The van der Waals surface area contributed by atoms with Gasteiger partial charge in [0.1, 0.15) is 17.0 Å². The third-order valence-electron chi connectivity index (χ3n) is 7.02. The molecule has 1 saturated heterocycles. The number of aromatic hydroxyl groups is 1. The van der Waals surface area contributed by atoms with Crippen LogP contribution in [0.2, 0.25) is 0 Å². The fraction of sp³-hybridized carbons (Fsp3) is 0.579. The highest BCUT2D eigenvalue weighted by Crippen LogP contribution is 2.71. The van der Waals surface area contributed by atoms with Crippen LogP contribution < -0.4 is 0 Å². The van der Waals surface area contributed by atoms with E-state index in [4.69, 9.17) is 4.74 Å². The summed E-state index contributed by atoms with van der Waals surface area (Å²) in [4.78, 5) is 0. The maximum Gasteiger partial charge on any atom is 0.120 e. The molecule has 3 fully saturated rings. The molecule has 0 unspecified atom stereocenters. The Hall–Kier alpha value is -1.32. The molecular formula is C19H22O3. The molecule has 116 valence electrons. The Morgan fingerprint density at radius 3 is 2.95 bits per heavy atom. The summed E-state index contributed by atoms with van der Waals surface area (Å²) in [5.41, 5.74) is 2.04. The molecule has 1 heterocycles. The monoisotopic (exact) mass is 298 g/mol. The second-order valence-corrected chi connectivity index (χ2v) is 7.93. The van der Waals surface area contributed by atoms with E-state index < -0.39 is 0 Å². The lowest BCUT2D eigenvalue weighted by Gasteiger charge is -2.42. The van der Waals surface area contributed by atoms with Crippen LogP contribution in [0.4, 0.5) is 0 Å². The van der Waals surface area contributed by atoms with Crippen LogP contribution in [0.25, 0.3) is 6.08 Å². The molecule has 0 aromatic heterocycles. The molecule has 2 N–H and O–H groups in total. The smallest absolute Gasteiger partial charge is 0.120 e. The molecule has 0 amide bonds. The van der Waals surface area contributed by atoms with Gasteiger partial charge in [-0.1, -0.05) is 19.1 Å². The van der Waals surface area contributed by atoms with Gasteiger partial charge in [-0.05, 0) is 60.4 Å². The molecule has 3 aliphatic carbocycles. The standard InChI is InChI=1S/C19H22O3/c1-17-8-9-18-11-13-10-14(20)3-2-12(13)6-7-19(18,22-18)15(17)4-5-16(17)21/h2-3,6-7,10,15-16,20-21H,4-5,8-9,11H2,1H3/t15-,16+,17+,18+,19+/m1/s1. The highest BCUT2D eigenvalue weighted by atomic mass is 16.6. The summed E-state index contributed by atoms with van der Waals surface area (Å²) in [7, 11) is 0. The Morgan fingerprint density at radius 2 is 2.09 bits per heavy atom. The highest BCUT2D eigenvalue weighted by Gasteiger charge is 2.78. The Kier molecular flexibility index (Phi) is 2.25. The molecule has 3 nitrogen and oxygen atoms in total. The van der Waals surface area contributed by atoms with Crippen molar-refractivity contribution in [2.75, 3.05) is 0 Å². The van der Waals surface area contributed by atoms with Crippen molar-refractivity contribution >= 4 is 6.08 Å². The molecular weight excluding hydrogens is 276 g/mol. The molecule has 0 spiro atoms. The Balaban J connectivity index is 1.61. The zero-order chi connectivity index (χ0) is 15.2. The van der Waals surface area contributed by atoms with Crippen molar-refractivity contribution in [2.45, 2.75) is 56.3 Å². The first-order chi connectivity index (χ1) is 10.5. The van der Waals surface area contributed by atoms with Crippen LogP contribution in [-0.2, 0) is 11.2 Å². The van der Waals surface area contributed by atoms with Crippen LogP contribution in [0, 0.1) is 11.3 Å². The summed E-state index contributed by atoms with van der Waals surface area (Å²) >= 11 is 0. The normalized spacial score (nSPS) is 47.9. The first-order valence-electron chi connectivity index (χ1n) is 8.39. The van der Waals surface area contributed by atoms with E-state index in [-0.39, 0.29) is 22.7 Å². The number of benzene rings is 1. The van der Waals surface area contributed by atoms with Gasteiger partial charge in [0.05, 0.1) is 6.10 Å². The van der Waals surface area contributed by atoms with E-state index in [1.807, 2.05) is 12.1 Å². The van der Waals surface area contributed by atoms with Gasteiger partial charge in [-0.25, -0.2) is 0 Å². The average molecular weight is 298 g/mol. The number of rotatable bonds is 0. The quantitative estimate of drug-likeness (QED) is 0.724. The van der Waals surface area contributed by atoms with Gasteiger partial charge in [0.2, 0.25) is 0 Å². The SMILES string of the molecule is C[C@]12CC[C@]34Cc5cc(O)ccc5C=C[C@]3(O4)[C@@H]1CC[C@@H]2O. The fourth-order valence-electron chi connectivity index (χ4n) is 5.66. The van der Waals surface area contributed by atoms with Gasteiger partial charge in [0, 0.05) is 12.3 Å². The molecule has 1 aliphatic heterocycles. The Bertz CT molecular complexity index is 696. The van der Waals surface area contributed by atoms with Crippen LogP contribution in [-0.4, -0.2) is 27.5 Å². The van der Waals surface area contributed by atoms with Gasteiger partial charge >= 0.3 is 0 Å². The van der Waals surface area contributed by atoms with Crippen LogP contribution in [0.15, 0.2) is 24.3 Å². The van der Waals surface area contributed by atoms with Crippen molar-refractivity contribution in [2.24, 2.45) is 11.3 Å². The minimum Gasteiger partial charge on any atom is -0.508 e.